The SMILES string of the molecule is COc1cc(F)cc2c1C(C)NCC2. The summed E-state index contributed by atoms with van der Waals surface area (Å²) < 4.78 is 18.4. The summed E-state index contributed by atoms with van der Waals surface area (Å²) in [4.78, 5) is 0. The fourth-order valence-corrected chi connectivity index (χ4v) is 2.04. The molecule has 0 fully saturated rings. The normalized spacial score (nSPS) is 20.4. The van der Waals surface area contributed by atoms with Gasteiger partial charge in [-0.25, -0.2) is 4.39 Å². The van der Waals surface area contributed by atoms with Gasteiger partial charge in [0.25, 0.3) is 0 Å². The number of fused-ring (bicyclic) bond motifs is 1. The molecule has 14 heavy (non-hydrogen) atoms. The lowest BCUT2D eigenvalue weighted by Crippen LogP contribution is -2.28. The summed E-state index contributed by atoms with van der Waals surface area (Å²) in [6.45, 7) is 2.97. The first-order chi connectivity index (χ1) is 6.72. The topological polar surface area (TPSA) is 21.3 Å². The van der Waals surface area contributed by atoms with Crippen LogP contribution in [0.25, 0.3) is 0 Å². The van der Waals surface area contributed by atoms with Crippen LogP contribution in [0.4, 0.5) is 4.39 Å². The number of benzene rings is 1. The average molecular weight is 195 g/mol. The van der Waals surface area contributed by atoms with Gasteiger partial charge in [-0.3, -0.25) is 0 Å². The quantitative estimate of drug-likeness (QED) is 0.740. The Morgan fingerprint density at radius 1 is 1.50 bits per heavy atom. The Morgan fingerprint density at radius 3 is 3.00 bits per heavy atom. The number of nitrogens with one attached hydrogen (secondary N) is 1. The van der Waals surface area contributed by atoms with Crippen molar-refractivity contribution in [1.29, 1.82) is 0 Å². The van der Waals surface area contributed by atoms with Crippen LogP contribution in [0.3, 0.4) is 0 Å². The van der Waals surface area contributed by atoms with Crippen LogP contribution in [0.15, 0.2) is 12.1 Å². The summed E-state index contributed by atoms with van der Waals surface area (Å²) in [5.74, 6) is 0.439. The zero-order valence-electron chi connectivity index (χ0n) is 8.43. The minimum absolute atomic E-state index is 0.213. The molecule has 0 radical (unpaired) electrons. The molecule has 2 nitrogen and oxygen atoms in total. The Labute approximate surface area is 83.1 Å². The van der Waals surface area contributed by atoms with Gasteiger partial charge in [-0.05, 0) is 31.5 Å². The minimum Gasteiger partial charge on any atom is -0.496 e. The van der Waals surface area contributed by atoms with Crippen LogP contribution in [-0.2, 0) is 6.42 Å². The molecule has 0 amide bonds. The molecular formula is C11H14FNO. The highest BCUT2D eigenvalue weighted by Crippen LogP contribution is 2.32. The molecule has 0 aromatic heterocycles. The Kier molecular flexibility index (Phi) is 2.42. The van der Waals surface area contributed by atoms with E-state index in [2.05, 4.69) is 12.2 Å². The van der Waals surface area contributed by atoms with E-state index in [1.165, 1.54) is 6.07 Å². The predicted octanol–water partition coefficient (Wildman–Crippen LogP) is 2.04. The largest absolute Gasteiger partial charge is 0.496 e. The summed E-state index contributed by atoms with van der Waals surface area (Å²) >= 11 is 0. The third-order valence-electron chi connectivity index (χ3n) is 2.69. The molecule has 0 spiro atoms. The molecule has 1 aliphatic rings. The third-order valence-corrected chi connectivity index (χ3v) is 2.69. The second-order valence-electron chi connectivity index (χ2n) is 3.61. The molecule has 2 rings (SSSR count). The molecule has 0 bridgehead atoms. The Hall–Kier alpha value is -1.09. The lowest BCUT2D eigenvalue weighted by Gasteiger charge is -2.25. The lowest BCUT2D eigenvalue weighted by molar-refractivity contribution is 0.392. The van der Waals surface area contributed by atoms with Crippen molar-refractivity contribution in [3.63, 3.8) is 0 Å². The van der Waals surface area contributed by atoms with Crippen LogP contribution in [-0.4, -0.2) is 13.7 Å². The van der Waals surface area contributed by atoms with Gasteiger partial charge in [0, 0.05) is 17.7 Å². The van der Waals surface area contributed by atoms with Gasteiger partial charge < -0.3 is 10.1 Å². The van der Waals surface area contributed by atoms with Gasteiger partial charge >= 0.3 is 0 Å². The molecule has 1 atom stereocenters. The maximum absolute atomic E-state index is 13.2. The molecule has 1 aromatic carbocycles. The summed E-state index contributed by atoms with van der Waals surface area (Å²) in [7, 11) is 1.58. The van der Waals surface area contributed by atoms with Crippen LogP contribution in [0.1, 0.15) is 24.1 Å². The van der Waals surface area contributed by atoms with E-state index in [1.54, 1.807) is 13.2 Å². The van der Waals surface area contributed by atoms with E-state index >= 15 is 0 Å². The first-order valence-corrected chi connectivity index (χ1v) is 4.82. The highest BCUT2D eigenvalue weighted by molar-refractivity contribution is 5.44. The summed E-state index contributed by atoms with van der Waals surface area (Å²) in [5.41, 5.74) is 2.16. The molecular weight excluding hydrogens is 181 g/mol. The van der Waals surface area contributed by atoms with Crippen molar-refractivity contribution in [2.75, 3.05) is 13.7 Å². The molecule has 0 aliphatic carbocycles. The molecule has 1 aromatic rings. The van der Waals surface area contributed by atoms with Gasteiger partial charge in [-0.2, -0.15) is 0 Å². The zero-order chi connectivity index (χ0) is 10.1. The molecule has 76 valence electrons. The van der Waals surface area contributed by atoms with E-state index in [4.69, 9.17) is 4.74 Å². The standard InChI is InChI=1S/C11H14FNO/c1-7-11-8(3-4-13-7)5-9(12)6-10(11)14-2/h5-7,13H,3-4H2,1-2H3. The van der Waals surface area contributed by atoms with Crippen LogP contribution in [0.5, 0.6) is 5.75 Å². The number of methoxy groups -OCH3 is 1. The van der Waals surface area contributed by atoms with Crippen molar-refractivity contribution in [3.8, 4) is 5.75 Å². The Bertz CT molecular complexity index is 334. The second-order valence-corrected chi connectivity index (χ2v) is 3.61. The molecule has 0 saturated carbocycles. The van der Waals surface area contributed by atoms with Gasteiger partial charge in [-0.15, -0.1) is 0 Å². The van der Waals surface area contributed by atoms with Gasteiger partial charge in [0.15, 0.2) is 0 Å². The number of hydrogen-bond acceptors (Lipinski definition) is 2. The molecule has 1 unspecified atom stereocenters. The van der Waals surface area contributed by atoms with Crippen LogP contribution < -0.4 is 10.1 Å². The highest BCUT2D eigenvalue weighted by Gasteiger charge is 2.20. The van der Waals surface area contributed by atoms with Crippen molar-refractivity contribution < 1.29 is 9.13 Å². The van der Waals surface area contributed by atoms with Crippen LogP contribution in [0, 0.1) is 5.82 Å². The van der Waals surface area contributed by atoms with Crippen molar-refractivity contribution in [2.24, 2.45) is 0 Å². The monoisotopic (exact) mass is 195 g/mol. The van der Waals surface area contributed by atoms with Gasteiger partial charge in [-0.1, -0.05) is 0 Å². The minimum atomic E-state index is -0.213. The number of rotatable bonds is 1. The zero-order valence-corrected chi connectivity index (χ0v) is 8.43. The molecule has 1 aliphatic heterocycles. The molecule has 1 N–H and O–H groups in total. The first kappa shape index (κ1) is 9.46. The third kappa shape index (κ3) is 1.48. The highest BCUT2D eigenvalue weighted by atomic mass is 19.1. The van der Waals surface area contributed by atoms with Crippen molar-refractivity contribution in [2.45, 2.75) is 19.4 Å². The van der Waals surface area contributed by atoms with Gasteiger partial charge in [0.05, 0.1) is 7.11 Å². The fraction of sp³-hybridized carbons (Fsp3) is 0.455. The fourth-order valence-electron chi connectivity index (χ4n) is 2.04. The number of ether oxygens (including phenoxy) is 1. The number of halogens is 1. The maximum Gasteiger partial charge on any atom is 0.127 e. The Morgan fingerprint density at radius 2 is 2.29 bits per heavy atom. The summed E-state index contributed by atoms with van der Waals surface area (Å²) in [5, 5.41) is 3.33. The van der Waals surface area contributed by atoms with Crippen LogP contribution >= 0.6 is 0 Å². The Balaban J connectivity index is 2.55. The van der Waals surface area contributed by atoms with Gasteiger partial charge in [0.2, 0.25) is 0 Å². The van der Waals surface area contributed by atoms with Crippen molar-refractivity contribution in [3.05, 3.63) is 29.1 Å². The average Bonchev–Trinajstić information content (AvgIpc) is 2.16. The maximum atomic E-state index is 13.2. The summed E-state index contributed by atoms with van der Waals surface area (Å²) in [6.07, 6.45) is 0.869. The molecule has 0 saturated heterocycles. The predicted molar refractivity (Wildman–Crippen MR) is 53.1 cm³/mol. The van der Waals surface area contributed by atoms with Crippen LogP contribution in [0.2, 0.25) is 0 Å². The molecule has 1 heterocycles. The van der Waals surface area contributed by atoms with Gasteiger partial charge in [0.1, 0.15) is 11.6 Å². The first-order valence-electron chi connectivity index (χ1n) is 4.82. The van der Waals surface area contributed by atoms with E-state index in [0.717, 1.165) is 24.1 Å². The van der Waals surface area contributed by atoms with Crippen molar-refractivity contribution >= 4 is 0 Å². The van der Waals surface area contributed by atoms with E-state index in [9.17, 15) is 4.39 Å². The van der Waals surface area contributed by atoms with E-state index in [0.29, 0.717) is 5.75 Å². The molecule has 3 heteroatoms. The van der Waals surface area contributed by atoms with E-state index in [1.807, 2.05) is 0 Å². The second kappa shape index (κ2) is 3.58. The lowest BCUT2D eigenvalue weighted by atomic mass is 9.94. The van der Waals surface area contributed by atoms with E-state index in [-0.39, 0.29) is 11.9 Å². The number of hydrogen-bond donors (Lipinski definition) is 1. The smallest absolute Gasteiger partial charge is 0.127 e. The van der Waals surface area contributed by atoms with E-state index < -0.39 is 0 Å². The van der Waals surface area contributed by atoms with Crippen molar-refractivity contribution in [1.82, 2.24) is 5.32 Å². The summed E-state index contributed by atoms with van der Waals surface area (Å²) in [6, 6.07) is 3.30.